The molecule has 1 aliphatic heterocycles. The molecule has 0 saturated carbocycles. The van der Waals surface area contributed by atoms with Gasteiger partial charge in [0.1, 0.15) is 18.2 Å². The van der Waals surface area contributed by atoms with Crippen LogP contribution < -0.4 is 10.6 Å². The Labute approximate surface area is 396 Å². The van der Waals surface area contributed by atoms with Crippen molar-refractivity contribution in [2.75, 3.05) is 0 Å². The lowest BCUT2D eigenvalue weighted by atomic mass is 9.88. The van der Waals surface area contributed by atoms with Gasteiger partial charge in [0, 0.05) is 22.3 Å². The Kier molecular flexibility index (Phi) is 10.7. The first-order valence-corrected chi connectivity index (χ1v) is 23.2. The topological polar surface area (TPSA) is 62.2 Å². The summed E-state index contributed by atoms with van der Waals surface area (Å²) in [6.45, 7) is 0. The van der Waals surface area contributed by atoms with Crippen LogP contribution in [0.2, 0.25) is 0 Å². The molecule has 2 N–H and O–H groups in total. The molecule has 5 heteroatoms. The van der Waals surface area contributed by atoms with Crippen LogP contribution in [-0.4, -0.2) is 15.8 Å². The van der Waals surface area contributed by atoms with Crippen molar-refractivity contribution in [3.05, 3.63) is 265 Å². The Morgan fingerprint density at radius 3 is 1.21 bits per heavy atom. The van der Waals surface area contributed by atoms with Crippen molar-refractivity contribution < 1.29 is 0 Å². The number of rotatable bonds is 9. The quantitative estimate of drug-likeness (QED) is 0.152. The van der Waals surface area contributed by atoms with E-state index in [1.165, 1.54) is 43.8 Å². The highest BCUT2D eigenvalue weighted by Gasteiger charge is 2.25. The van der Waals surface area contributed by atoms with Crippen molar-refractivity contribution in [3.8, 4) is 67.3 Å². The number of benzene rings is 10. The van der Waals surface area contributed by atoms with E-state index >= 15 is 0 Å². The molecule has 1 aliphatic rings. The number of aromatic nitrogens is 2. The second-order valence-electron chi connectivity index (χ2n) is 17.2. The van der Waals surface area contributed by atoms with E-state index < -0.39 is 0 Å². The number of nitrogens with zero attached hydrogens (tertiary/aromatic N) is 3. The highest BCUT2D eigenvalue weighted by Crippen LogP contribution is 2.41. The predicted octanol–water partition coefficient (Wildman–Crippen LogP) is 15.1. The number of aliphatic imine (C=N–C) groups is 1. The highest BCUT2D eigenvalue weighted by molar-refractivity contribution is 6.12. The molecule has 11 aromatic rings. The molecule has 0 spiro atoms. The molecule has 2 unspecified atom stereocenters. The minimum absolute atomic E-state index is 0.0886. The molecular weight excluding hydrogens is 827 g/mol. The monoisotopic (exact) mass is 871 g/mol. The zero-order valence-corrected chi connectivity index (χ0v) is 37.2. The zero-order chi connectivity index (χ0) is 45.2. The van der Waals surface area contributed by atoms with Gasteiger partial charge in [0.2, 0.25) is 0 Å². The lowest BCUT2D eigenvalue weighted by Gasteiger charge is -2.32. The van der Waals surface area contributed by atoms with Crippen LogP contribution in [0.3, 0.4) is 0 Å². The molecule has 68 heavy (non-hydrogen) atoms. The summed E-state index contributed by atoms with van der Waals surface area (Å²) in [6.07, 6.45) is -0.271. The van der Waals surface area contributed by atoms with Gasteiger partial charge in [-0.05, 0) is 72.1 Å². The van der Waals surface area contributed by atoms with E-state index in [0.717, 1.165) is 61.7 Å². The molecule has 12 rings (SSSR count). The summed E-state index contributed by atoms with van der Waals surface area (Å²) in [7, 11) is 0. The van der Waals surface area contributed by atoms with Gasteiger partial charge in [-0.1, -0.05) is 243 Å². The number of fused-ring (bicyclic) bond motifs is 2. The van der Waals surface area contributed by atoms with Gasteiger partial charge in [-0.15, -0.1) is 0 Å². The summed E-state index contributed by atoms with van der Waals surface area (Å²) in [5.74, 6) is 1.58. The molecule has 0 bridgehead atoms. The summed E-state index contributed by atoms with van der Waals surface area (Å²) >= 11 is 0. The van der Waals surface area contributed by atoms with Gasteiger partial charge in [0.05, 0.1) is 11.4 Å². The van der Waals surface area contributed by atoms with E-state index in [2.05, 4.69) is 217 Å². The third kappa shape index (κ3) is 7.91. The molecule has 0 radical (unpaired) electrons. The van der Waals surface area contributed by atoms with Crippen LogP contribution in [0.5, 0.6) is 0 Å². The van der Waals surface area contributed by atoms with Gasteiger partial charge < -0.3 is 5.32 Å². The largest absolute Gasteiger partial charge is 0.350 e. The van der Waals surface area contributed by atoms with Gasteiger partial charge in [-0.2, -0.15) is 0 Å². The standard InChI is InChI=1S/C63H45N5/c1-5-17-44(18-6-1)58-41-59(65-60(64-58)46-19-7-2-8-20-46)45-33-29-42(30-34-45)50-37-39-56(54-27-15-13-25-52(50)54)57-40-38-51(53-26-14-16-28-55(53)57)43-31-35-49(36-32-43)63-67-61(47-21-9-3-10-22-47)66-62(68-63)48-23-11-4-12-24-48/h1-41,61-62,66H,(H,67,68). The van der Waals surface area contributed by atoms with Crippen LogP contribution >= 0.6 is 0 Å². The Hall–Kier alpha value is -8.77. The van der Waals surface area contributed by atoms with Crippen molar-refractivity contribution in [2.45, 2.75) is 12.3 Å². The molecular formula is C63H45N5. The van der Waals surface area contributed by atoms with E-state index in [4.69, 9.17) is 15.0 Å². The van der Waals surface area contributed by atoms with Crippen LogP contribution in [0.4, 0.5) is 0 Å². The first kappa shape index (κ1) is 40.7. The minimum atomic E-state index is -0.182. The van der Waals surface area contributed by atoms with Gasteiger partial charge in [0.15, 0.2) is 5.82 Å². The molecule has 0 saturated heterocycles. The van der Waals surface area contributed by atoms with E-state index in [1.807, 2.05) is 42.5 Å². The van der Waals surface area contributed by atoms with Crippen LogP contribution in [0.1, 0.15) is 29.0 Å². The molecule has 5 nitrogen and oxygen atoms in total. The summed E-state index contributed by atoms with van der Waals surface area (Å²) < 4.78 is 0. The van der Waals surface area contributed by atoms with Crippen molar-refractivity contribution >= 4 is 27.4 Å². The Morgan fingerprint density at radius 1 is 0.309 bits per heavy atom. The van der Waals surface area contributed by atoms with E-state index in [0.29, 0.717) is 5.82 Å². The minimum Gasteiger partial charge on any atom is -0.350 e. The van der Waals surface area contributed by atoms with Crippen LogP contribution in [0, 0.1) is 0 Å². The molecule has 2 heterocycles. The summed E-state index contributed by atoms with van der Waals surface area (Å²) in [4.78, 5) is 15.2. The average molecular weight is 872 g/mol. The number of nitrogens with one attached hydrogen (secondary N) is 2. The van der Waals surface area contributed by atoms with E-state index in [1.54, 1.807) is 0 Å². The molecule has 10 aromatic carbocycles. The fraction of sp³-hybridized carbons (Fsp3) is 0.0317. The smallest absolute Gasteiger partial charge is 0.160 e. The maximum atomic E-state index is 5.18. The molecule has 2 atom stereocenters. The van der Waals surface area contributed by atoms with Crippen LogP contribution in [-0.2, 0) is 0 Å². The molecule has 1 aromatic heterocycles. The summed E-state index contributed by atoms with van der Waals surface area (Å²) in [5.41, 5.74) is 15.3. The SMILES string of the molecule is c1ccc(-c2cc(-c3ccc(-c4ccc(-c5ccc(-c6ccc(C7=NC(c8ccccc8)NC(c8ccccc8)N7)cc6)c6ccccc56)c5ccccc45)cc3)nc(-c3ccccc3)n2)cc1. The first-order valence-electron chi connectivity index (χ1n) is 23.2. The highest BCUT2D eigenvalue weighted by atomic mass is 15.3. The summed E-state index contributed by atoms with van der Waals surface area (Å²) in [5, 5.41) is 12.2. The van der Waals surface area contributed by atoms with E-state index in [-0.39, 0.29) is 12.3 Å². The lowest BCUT2D eigenvalue weighted by molar-refractivity contribution is 0.409. The Morgan fingerprint density at radius 2 is 0.691 bits per heavy atom. The van der Waals surface area contributed by atoms with Crippen molar-refractivity contribution in [2.24, 2.45) is 4.99 Å². The van der Waals surface area contributed by atoms with Gasteiger partial charge in [-0.25, -0.2) is 15.0 Å². The third-order valence-electron chi connectivity index (χ3n) is 13.0. The second-order valence-corrected chi connectivity index (χ2v) is 17.2. The second kappa shape index (κ2) is 17.9. The van der Waals surface area contributed by atoms with Gasteiger partial charge >= 0.3 is 0 Å². The first-order chi connectivity index (χ1) is 33.7. The number of hydrogen-bond donors (Lipinski definition) is 2. The Balaban J connectivity index is 0.866. The number of amidine groups is 1. The molecule has 0 amide bonds. The average Bonchev–Trinajstić information content (AvgIpc) is 3.43. The van der Waals surface area contributed by atoms with Crippen LogP contribution in [0.15, 0.2) is 254 Å². The molecule has 322 valence electrons. The maximum absolute atomic E-state index is 5.18. The molecule has 0 fully saturated rings. The normalized spacial score (nSPS) is 14.6. The summed E-state index contributed by atoms with van der Waals surface area (Å²) in [6, 6.07) is 87.9. The fourth-order valence-electron chi connectivity index (χ4n) is 9.60. The van der Waals surface area contributed by atoms with Gasteiger partial charge in [0.25, 0.3) is 0 Å². The van der Waals surface area contributed by atoms with Crippen molar-refractivity contribution in [1.82, 2.24) is 20.6 Å². The third-order valence-corrected chi connectivity index (χ3v) is 13.0. The van der Waals surface area contributed by atoms with Crippen LogP contribution in [0.25, 0.3) is 88.8 Å². The van der Waals surface area contributed by atoms with Crippen molar-refractivity contribution in [3.63, 3.8) is 0 Å². The predicted molar refractivity (Wildman–Crippen MR) is 281 cm³/mol. The van der Waals surface area contributed by atoms with E-state index in [9.17, 15) is 0 Å². The lowest BCUT2D eigenvalue weighted by Crippen LogP contribution is -2.44. The van der Waals surface area contributed by atoms with Crippen molar-refractivity contribution in [1.29, 1.82) is 0 Å². The molecule has 0 aliphatic carbocycles. The Bertz CT molecular complexity index is 3540. The maximum Gasteiger partial charge on any atom is 0.160 e. The fourth-order valence-corrected chi connectivity index (χ4v) is 9.60. The van der Waals surface area contributed by atoms with Gasteiger partial charge in [-0.3, -0.25) is 5.32 Å². The number of hydrogen-bond acceptors (Lipinski definition) is 5. The zero-order valence-electron chi connectivity index (χ0n) is 37.2.